The molecule has 0 aliphatic rings. The van der Waals surface area contributed by atoms with Crippen LogP contribution in [0.15, 0.2) is 54.6 Å². The first-order valence-electron chi connectivity index (χ1n) is 8.40. The van der Waals surface area contributed by atoms with E-state index in [0.717, 1.165) is 5.56 Å². The van der Waals surface area contributed by atoms with Crippen molar-refractivity contribution in [2.24, 2.45) is 0 Å². The van der Waals surface area contributed by atoms with Crippen molar-refractivity contribution in [1.82, 2.24) is 25.1 Å². The number of carbonyl (C=O) groups is 1. The highest BCUT2D eigenvalue weighted by Crippen LogP contribution is 2.14. The topological polar surface area (TPSA) is 63.9 Å². The summed E-state index contributed by atoms with van der Waals surface area (Å²) < 4.78 is 13.0. The van der Waals surface area contributed by atoms with Crippen molar-refractivity contribution < 1.29 is 9.18 Å². The fraction of sp³-hybridized carbons (Fsp3) is 0.263. The first-order valence-corrected chi connectivity index (χ1v) is 8.40. The molecule has 6 nitrogen and oxygen atoms in total. The molecule has 26 heavy (non-hydrogen) atoms. The Bertz CT molecular complexity index is 861. The number of aromatic nitrogens is 4. The molecule has 1 heterocycles. The van der Waals surface area contributed by atoms with Gasteiger partial charge in [-0.1, -0.05) is 30.3 Å². The Hall–Kier alpha value is -3.09. The van der Waals surface area contributed by atoms with E-state index in [4.69, 9.17) is 0 Å². The van der Waals surface area contributed by atoms with Crippen molar-refractivity contribution in [2.45, 2.75) is 33.0 Å². The Labute approximate surface area is 151 Å². The number of tetrazole rings is 1. The largest absolute Gasteiger partial charge is 0.334 e. The number of hydrogen-bond donors (Lipinski definition) is 0. The normalized spacial score (nSPS) is 10.9. The van der Waals surface area contributed by atoms with E-state index in [1.54, 1.807) is 17.0 Å². The van der Waals surface area contributed by atoms with Gasteiger partial charge in [-0.2, -0.15) is 4.80 Å². The maximum Gasteiger partial charge on any atom is 0.246 e. The lowest BCUT2D eigenvalue weighted by Gasteiger charge is -2.26. The van der Waals surface area contributed by atoms with Crippen molar-refractivity contribution in [2.75, 3.05) is 0 Å². The van der Waals surface area contributed by atoms with Crippen LogP contribution in [0.4, 0.5) is 4.39 Å². The maximum absolute atomic E-state index is 13.0. The molecule has 0 aliphatic heterocycles. The zero-order valence-electron chi connectivity index (χ0n) is 14.7. The zero-order valence-corrected chi connectivity index (χ0v) is 14.7. The summed E-state index contributed by atoms with van der Waals surface area (Å²) in [5.41, 5.74) is 1.71. The molecule has 2 aromatic carbocycles. The second kappa shape index (κ2) is 7.86. The highest BCUT2D eigenvalue weighted by atomic mass is 19.1. The number of benzene rings is 2. The van der Waals surface area contributed by atoms with Crippen LogP contribution in [-0.4, -0.2) is 37.1 Å². The van der Waals surface area contributed by atoms with Gasteiger partial charge in [-0.05, 0) is 48.9 Å². The Morgan fingerprint density at radius 1 is 1.12 bits per heavy atom. The number of amides is 1. The second-order valence-electron chi connectivity index (χ2n) is 6.25. The summed E-state index contributed by atoms with van der Waals surface area (Å²) in [5.74, 6) is -0.0614. The van der Waals surface area contributed by atoms with Crippen LogP contribution in [0.1, 0.15) is 19.4 Å². The van der Waals surface area contributed by atoms with E-state index in [0.29, 0.717) is 17.9 Å². The molecule has 1 amide bonds. The molecule has 0 saturated heterocycles. The van der Waals surface area contributed by atoms with Gasteiger partial charge in [0.2, 0.25) is 11.7 Å². The molecule has 0 N–H and O–H groups in total. The Balaban J connectivity index is 1.70. The first kappa shape index (κ1) is 17.7. The Morgan fingerprint density at radius 3 is 2.46 bits per heavy atom. The van der Waals surface area contributed by atoms with Gasteiger partial charge in [0.25, 0.3) is 0 Å². The van der Waals surface area contributed by atoms with Gasteiger partial charge < -0.3 is 4.90 Å². The molecule has 0 bridgehead atoms. The predicted octanol–water partition coefficient (Wildman–Crippen LogP) is 2.92. The van der Waals surface area contributed by atoms with Gasteiger partial charge >= 0.3 is 0 Å². The molecule has 7 heteroatoms. The fourth-order valence-electron chi connectivity index (χ4n) is 2.58. The number of hydrogen-bond acceptors (Lipinski definition) is 4. The molecule has 0 radical (unpaired) electrons. The predicted molar refractivity (Wildman–Crippen MR) is 95.3 cm³/mol. The molecule has 0 aliphatic carbocycles. The molecule has 0 atom stereocenters. The molecule has 134 valence electrons. The molecule has 0 unspecified atom stereocenters. The van der Waals surface area contributed by atoms with Gasteiger partial charge in [0.05, 0.1) is 0 Å². The van der Waals surface area contributed by atoms with Crippen molar-refractivity contribution in [3.8, 4) is 11.4 Å². The first-order chi connectivity index (χ1) is 12.5. The van der Waals surface area contributed by atoms with Crippen LogP contribution < -0.4 is 0 Å². The van der Waals surface area contributed by atoms with Crippen LogP contribution in [0.3, 0.4) is 0 Å². The molecular formula is C19H20FN5O. The molecule has 0 fully saturated rings. The lowest BCUT2D eigenvalue weighted by molar-refractivity contribution is -0.134. The van der Waals surface area contributed by atoms with E-state index in [1.165, 1.54) is 16.9 Å². The van der Waals surface area contributed by atoms with Crippen LogP contribution >= 0.6 is 0 Å². The van der Waals surface area contributed by atoms with Crippen LogP contribution in [-0.2, 0) is 17.9 Å². The van der Waals surface area contributed by atoms with Gasteiger partial charge in [0.1, 0.15) is 12.4 Å². The van der Waals surface area contributed by atoms with Gasteiger partial charge in [-0.15, -0.1) is 10.2 Å². The third-order valence-electron chi connectivity index (χ3n) is 3.97. The number of halogens is 1. The van der Waals surface area contributed by atoms with Gasteiger partial charge in [-0.25, -0.2) is 4.39 Å². The molecular weight excluding hydrogens is 333 g/mol. The summed E-state index contributed by atoms with van der Waals surface area (Å²) in [5, 5.41) is 12.1. The molecule has 3 rings (SSSR count). The van der Waals surface area contributed by atoms with E-state index >= 15 is 0 Å². The molecule has 0 saturated carbocycles. The van der Waals surface area contributed by atoms with E-state index in [-0.39, 0.29) is 24.3 Å². The standard InChI is InChI=1S/C19H20FN5O/c1-14(2)24(12-15-6-4-3-5-7-15)18(26)13-25-22-19(21-23-25)16-8-10-17(20)11-9-16/h3-11,14H,12-13H2,1-2H3. The van der Waals surface area contributed by atoms with Crippen LogP contribution in [0.2, 0.25) is 0 Å². The number of rotatable bonds is 6. The van der Waals surface area contributed by atoms with Crippen molar-refractivity contribution in [1.29, 1.82) is 0 Å². The minimum absolute atomic E-state index is 0.000785. The van der Waals surface area contributed by atoms with Gasteiger partial charge in [0.15, 0.2) is 0 Å². The SMILES string of the molecule is CC(C)N(Cc1ccccc1)C(=O)Cn1nnc(-c2ccc(F)cc2)n1. The average Bonchev–Trinajstić information content (AvgIpc) is 3.09. The van der Waals surface area contributed by atoms with E-state index in [1.807, 2.05) is 44.2 Å². The summed E-state index contributed by atoms with van der Waals surface area (Å²) >= 11 is 0. The second-order valence-corrected chi connectivity index (χ2v) is 6.25. The van der Waals surface area contributed by atoms with Crippen molar-refractivity contribution in [3.05, 3.63) is 66.0 Å². The maximum atomic E-state index is 13.0. The lowest BCUT2D eigenvalue weighted by Crippen LogP contribution is -2.39. The number of carbonyl (C=O) groups excluding carboxylic acids is 1. The third-order valence-corrected chi connectivity index (χ3v) is 3.97. The summed E-state index contributed by atoms with van der Waals surface area (Å²) in [4.78, 5) is 15.7. The zero-order chi connectivity index (χ0) is 18.5. The van der Waals surface area contributed by atoms with Crippen LogP contribution in [0.5, 0.6) is 0 Å². The summed E-state index contributed by atoms with van der Waals surface area (Å²) in [6.45, 7) is 4.47. The van der Waals surface area contributed by atoms with E-state index in [9.17, 15) is 9.18 Å². The van der Waals surface area contributed by atoms with Gasteiger partial charge in [0, 0.05) is 18.2 Å². The molecule has 0 spiro atoms. The van der Waals surface area contributed by atoms with E-state index < -0.39 is 0 Å². The number of nitrogens with zero attached hydrogens (tertiary/aromatic N) is 5. The summed E-state index contributed by atoms with van der Waals surface area (Å²) in [7, 11) is 0. The third kappa shape index (κ3) is 4.30. The van der Waals surface area contributed by atoms with Crippen molar-refractivity contribution in [3.63, 3.8) is 0 Å². The minimum Gasteiger partial charge on any atom is -0.334 e. The monoisotopic (exact) mass is 353 g/mol. The molecule has 3 aromatic rings. The Kier molecular flexibility index (Phi) is 5.36. The lowest BCUT2D eigenvalue weighted by atomic mass is 10.2. The highest BCUT2D eigenvalue weighted by Gasteiger charge is 2.19. The smallest absolute Gasteiger partial charge is 0.246 e. The summed E-state index contributed by atoms with van der Waals surface area (Å²) in [6, 6.07) is 15.7. The van der Waals surface area contributed by atoms with E-state index in [2.05, 4.69) is 15.4 Å². The van der Waals surface area contributed by atoms with Crippen molar-refractivity contribution >= 4 is 5.91 Å². The quantitative estimate of drug-likeness (QED) is 0.683. The average molecular weight is 353 g/mol. The minimum atomic E-state index is -0.329. The highest BCUT2D eigenvalue weighted by molar-refractivity contribution is 5.76. The van der Waals surface area contributed by atoms with Crippen LogP contribution in [0.25, 0.3) is 11.4 Å². The fourth-order valence-corrected chi connectivity index (χ4v) is 2.58. The Morgan fingerprint density at radius 2 is 1.81 bits per heavy atom. The van der Waals surface area contributed by atoms with Gasteiger partial charge in [-0.3, -0.25) is 4.79 Å². The summed E-state index contributed by atoms with van der Waals surface area (Å²) in [6.07, 6.45) is 0. The van der Waals surface area contributed by atoms with Crippen LogP contribution in [0, 0.1) is 5.82 Å². The molecule has 1 aromatic heterocycles.